The van der Waals surface area contributed by atoms with Gasteiger partial charge in [0.2, 0.25) is 0 Å². The predicted molar refractivity (Wildman–Crippen MR) is 117 cm³/mol. The third kappa shape index (κ3) is 4.57. The zero-order valence-electron chi connectivity index (χ0n) is 18.0. The zero-order chi connectivity index (χ0) is 19.6. The second-order valence-electron chi connectivity index (χ2n) is 9.59. The van der Waals surface area contributed by atoms with E-state index < -0.39 is 0 Å². The molecule has 3 aliphatic heterocycles. The van der Waals surface area contributed by atoms with Gasteiger partial charge in [-0.1, -0.05) is 12.5 Å². The number of piperidine rings is 2. The molecule has 1 aliphatic carbocycles. The third-order valence-corrected chi connectivity index (χ3v) is 7.49. The van der Waals surface area contributed by atoms with Crippen LogP contribution in [0.1, 0.15) is 31.2 Å². The van der Waals surface area contributed by atoms with Crippen LogP contribution in [0.4, 0.5) is 5.69 Å². The number of anilines is 1. The molecule has 3 atom stereocenters. The molecular weight excluding hydrogens is 362 g/mol. The lowest BCUT2D eigenvalue weighted by molar-refractivity contribution is 0.0967. The van der Waals surface area contributed by atoms with Crippen molar-refractivity contribution in [2.75, 3.05) is 71.0 Å². The monoisotopic (exact) mass is 399 g/mol. The first-order valence-electron chi connectivity index (χ1n) is 11.8. The first-order valence-corrected chi connectivity index (χ1v) is 11.8. The molecule has 0 spiro atoms. The maximum atomic E-state index is 6.04. The summed E-state index contributed by atoms with van der Waals surface area (Å²) in [6.45, 7) is 11.1. The minimum absolute atomic E-state index is 0.792. The van der Waals surface area contributed by atoms with Gasteiger partial charge in [0, 0.05) is 39.8 Å². The first kappa shape index (κ1) is 19.7. The van der Waals surface area contributed by atoms with Gasteiger partial charge in [0.25, 0.3) is 0 Å². The minimum atomic E-state index is 0.792. The largest absolute Gasteiger partial charge is 0.490 e. The van der Waals surface area contributed by atoms with Crippen LogP contribution >= 0.6 is 0 Å². The maximum Gasteiger partial charge on any atom is 0.143 e. The molecule has 0 N–H and O–H groups in total. The van der Waals surface area contributed by atoms with E-state index in [0.717, 1.165) is 56.4 Å². The molecular formula is C24H37N3O2. The van der Waals surface area contributed by atoms with Crippen molar-refractivity contribution in [1.29, 1.82) is 0 Å². The fourth-order valence-corrected chi connectivity index (χ4v) is 5.66. The smallest absolute Gasteiger partial charge is 0.143 e. The van der Waals surface area contributed by atoms with Crippen molar-refractivity contribution in [1.82, 2.24) is 9.80 Å². The summed E-state index contributed by atoms with van der Waals surface area (Å²) in [5.74, 6) is 3.62. The fraction of sp³-hybridized carbons (Fsp3) is 0.750. The molecule has 1 aromatic carbocycles. The molecule has 160 valence electrons. The van der Waals surface area contributed by atoms with Crippen LogP contribution in [-0.2, 0) is 11.3 Å². The summed E-state index contributed by atoms with van der Waals surface area (Å²) < 4.78 is 11.9. The molecule has 3 heterocycles. The second-order valence-corrected chi connectivity index (χ2v) is 9.59. The Morgan fingerprint density at radius 2 is 1.86 bits per heavy atom. The maximum absolute atomic E-state index is 6.04. The number of hydrogen-bond acceptors (Lipinski definition) is 5. The van der Waals surface area contributed by atoms with E-state index in [9.17, 15) is 0 Å². The van der Waals surface area contributed by atoms with E-state index in [1.54, 1.807) is 0 Å². The Labute approximate surface area is 175 Å². The van der Waals surface area contributed by atoms with Crippen LogP contribution in [0.3, 0.4) is 0 Å². The van der Waals surface area contributed by atoms with Gasteiger partial charge in [0.15, 0.2) is 0 Å². The number of fused-ring (bicyclic) bond motifs is 2. The van der Waals surface area contributed by atoms with Gasteiger partial charge < -0.3 is 19.3 Å². The number of rotatable bonds is 8. The molecule has 3 fully saturated rings. The molecule has 1 aromatic rings. The average molecular weight is 400 g/mol. The Morgan fingerprint density at radius 3 is 2.69 bits per heavy atom. The molecule has 5 nitrogen and oxygen atoms in total. The molecule has 2 saturated heterocycles. The van der Waals surface area contributed by atoms with Crippen LogP contribution in [-0.4, -0.2) is 75.9 Å². The number of ether oxygens (including phenoxy) is 2. The van der Waals surface area contributed by atoms with Crippen LogP contribution < -0.4 is 9.64 Å². The summed E-state index contributed by atoms with van der Waals surface area (Å²) in [6, 6.07) is 6.75. The van der Waals surface area contributed by atoms with E-state index in [1.807, 2.05) is 0 Å². The third-order valence-electron chi connectivity index (χ3n) is 7.49. The number of nitrogens with zero attached hydrogens (tertiary/aromatic N) is 3. The molecule has 5 rings (SSSR count). The topological polar surface area (TPSA) is 28.2 Å². The summed E-state index contributed by atoms with van der Waals surface area (Å²) in [4.78, 5) is 7.52. The molecule has 5 heteroatoms. The SMILES string of the molecule is CN1CCOc2cc(CN3C[C@@H]4C(COCCCN5CCCCC5)[C@@H]4C3)ccc21. The van der Waals surface area contributed by atoms with E-state index in [0.29, 0.717) is 0 Å². The van der Waals surface area contributed by atoms with Gasteiger partial charge in [-0.2, -0.15) is 0 Å². The van der Waals surface area contributed by atoms with Crippen molar-refractivity contribution in [2.24, 2.45) is 17.8 Å². The number of hydrogen-bond donors (Lipinski definition) is 0. The van der Waals surface area contributed by atoms with Crippen molar-refractivity contribution < 1.29 is 9.47 Å². The Hall–Kier alpha value is -1.30. The number of benzene rings is 1. The van der Waals surface area contributed by atoms with Gasteiger partial charge in [-0.25, -0.2) is 0 Å². The summed E-state index contributed by atoms with van der Waals surface area (Å²) in [5, 5.41) is 0. The number of likely N-dealkylation sites (N-methyl/N-ethyl adjacent to an activating group) is 1. The lowest BCUT2D eigenvalue weighted by Crippen LogP contribution is -2.31. The molecule has 0 aromatic heterocycles. The van der Waals surface area contributed by atoms with Crippen molar-refractivity contribution >= 4 is 5.69 Å². The Morgan fingerprint density at radius 1 is 1.03 bits per heavy atom. The molecule has 1 unspecified atom stereocenters. The van der Waals surface area contributed by atoms with Crippen molar-refractivity contribution in [3.05, 3.63) is 23.8 Å². The van der Waals surface area contributed by atoms with Gasteiger partial charge >= 0.3 is 0 Å². The Kier molecular flexibility index (Phi) is 5.98. The summed E-state index contributed by atoms with van der Waals surface area (Å²) >= 11 is 0. The van der Waals surface area contributed by atoms with E-state index in [2.05, 4.69) is 39.9 Å². The summed E-state index contributed by atoms with van der Waals surface area (Å²) in [5.41, 5.74) is 2.60. The van der Waals surface area contributed by atoms with Gasteiger partial charge in [-0.05, 0) is 67.8 Å². The molecule has 1 saturated carbocycles. The fourth-order valence-electron chi connectivity index (χ4n) is 5.66. The van der Waals surface area contributed by atoms with E-state index in [-0.39, 0.29) is 0 Å². The van der Waals surface area contributed by atoms with Crippen LogP contribution in [0.2, 0.25) is 0 Å². The highest BCUT2D eigenvalue weighted by Gasteiger charge is 2.55. The van der Waals surface area contributed by atoms with Crippen molar-refractivity contribution in [3.63, 3.8) is 0 Å². The normalized spacial score (nSPS) is 29.4. The highest BCUT2D eigenvalue weighted by molar-refractivity contribution is 5.60. The summed E-state index contributed by atoms with van der Waals surface area (Å²) in [6.07, 6.45) is 5.40. The molecule has 29 heavy (non-hydrogen) atoms. The van der Waals surface area contributed by atoms with Gasteiger partial charge in [-0.15, -0.1) is 0 Å². The highest BCUT2D eigenvalue weighted by Crippen LogP contribution is 2.52. The number of likely N-dealkylation sites (tertiary alicyclic amines) is 2. The van der Waals surface area contributed by atoms with Gasteiger partial charge in [0.1, 0.15) is 12.4 Å². The quantitative estimate of drug-likeness (QED) is 0.627. The predicted octanol–water partition coefficient (Wildman–Crippen LogP) is 3.09. The van der Waals surface area contributed by atoms with E-state index >= 15 is 0 Å². The summed E-state index contributed by atoms with van der Waals surface area (Å²) in [7, 11) is 2.14. The van der Waals surface area contributed by atoms with E-state index in [1.165, 1.54) is 69.7 Å². The van der Waals surface area contributed by atoms with Crippen LogP contribution in [0.25, 0.3) is 0 Å². The van der Waals surface area contributed by atoms with Gasteiger partial charge in [0.05, 0.1) is 18.8 Å². The second kappa shape index (κ2) is 8.83. The zero-order valence-corrected chi connectivity index (χ0v) is 18.0. The average Bonchev–Trinajstić information content (AvgIpc) is 3.19. The van der Waals surface area contributed by atoms with Crippen LogP contribution in [0.15, 0.2) is 18.2 Å². The lowest BCUT2D eigenvalue weighted by Gasteiger charge is -2.28. The van der Waals surface area contributed by atoms with Crippen molar-refractivity contribution in [2.45, 2.75) is 32.2 Å². The highest BCUT2D eigenvalue weighted by atomic mass is 16.5. The molecule has 4 aliphatic rings. The Bertz CT molecular complexity index is 679. The molecule has 0 bridgehead atoms. The minimum Gasteiger partial charge on any atom is -0.490 e. The molecule has 0 amide bonds. The first-order chi connectivity index (χ1) is 14.3. The van der Waals surface area contributed by atoms with E-state index in [4.69, 9.17) is 9.47 Å². The van der Waals surface area contributed by atoms with Crippen LogP contribution in [0, 0.1) is 17.8 Å². The standard InChI is InChI=1S/C24H37N3O2/c1-25-11-13-29-24-14-19(6-7-23(24)25)15-27-16-20-21(17-27)22(20)18-28-12-5-10-26-8-3-2-4-9-26/h6-7,14,20-22H,2-5,8-13,15-18H2,1H3/t20-,21+,22?. The molecule has 0 radical (unpaired) electrons. The lowest BCUT2D eigenvalue weighted by atomic mass is 10.1. The van der Waals surface area contributed by atoms with Gasteiger partial charge in [-0.3, -0.25) is 4.90 Å². The van der Waals surface area contributed by atoms with Crippen molar-refractivity contribution in [3.8, 4) is 5.75 Å². The Balaban J connectivity index is 0.993. The van der Waals surface area contributed by atoms with Crippen LogP contribution in [0.5, 0.6) is 5.75 Å².